The van der Waals surface area contributed by atoms with Gasteiger partial charge in [-0.3, -0.25) is 28.8 Å². The number of ether oxygens (including phenoxy) is 8. The van der Waals surface area contributed by atoms with Gasteiger partial charge in [0.2, 0.25) is 17.7 Å². The first-order valence-corrected chi connectivity index (χ1v) is 25.7. The predicted octanol–water partition coefficient (Wildman–Crippen LogP) is 0.885. The lowest BCUT2D eigenvalue weighted by atomic mass is 9.87. The van der Waals surface area contributed by atoms with Crippen molar-refractivity contribution in [2.24, 2.45) is 5.73 Å². The summed E-state index contributed by atoms with van der Waals surface area (Å²) in [6, 6.07) is 6.73. The Balaban J connectivity index is 0.824. The van der Waals surface area contributed by atoms with Gasteiger partial charge in [0.15, 0.2) is 11.3 Å². The van der Waals surface area contributed by atoms with E-state index in [-0.39, 0.29) is 106 Å². The molecule has 3 aromatic heterocycles. The molecule has 0 bridgehead atoms. The molecule has 0 saturated carbocycles. The van der Waals surface area contributed by atoms with E-state index in [1.807, 2.05) is 40.7 Å². The highest BCUT2D eigenvalue weighted by molar-refractivity contribution is 5.95. The smallest absolute Gasteiger partial charge is 0.305 e. The van der Waals surface area contributed by atoms with Crippen LogP contribution in [-0.4, -0.2) is 223 Å². The number of nitrogens with zero attached hydrogens (tertiary/aromatic N) is 8. The van der Waals surface area contributed by atoms with Gasteiger partial charge in [-0.25, -0.2) is 18.6 Å². The second kappa shape index (κ2) is 31.7. The number of carbonyl (C=O) groups is 6. The van der Waals surface area contributed by atoms with E-state index in [1.165, 1.54) is 23.0 Å². The largest absolute Gasteiger partial charge is 0.481 e. The van der Waals surface area contributed by atoms with Gasteiger partial charge in [0.25, 0.3) is 11.8 Å². The molecule has 4 aromatic rings. The number of nitrogens with two attached hydrogens (primary N) is 1. The minimum atomic E-state index is -1.27. The van der Waals surface area contributed by atoms with Crippen molar-refractivity contribution in [1.29, 1.82) is 0 Å². The second-order valence-electron chi connectivity index (χ2n) is 19.5. The van der Waals surface area contributed by atoms with E-state index in [9.17, 15) is 33.2 Å². The van der Waals surface area contributed by atoms with Gasteiger partial charge < -0.3 is 69.2 Å². The number of amides is 5. The van der Waals surface area contributed by atoms with Crippen molar-refractivity contribution in [2.45, 2.75) is 71.0 Å². The van der Waals surface area contributed by atoms with E-state index in [1.54, 1.807) is 32.6 Å². The molecule has 1 atom stereocenters. The van der Waals surface area contributed by atoms with Crippen LogP contribution in [0.15, 0.2) is 42.7 Å². The Morgan fingerprint density at radius 2 is 1.27 bits per heavy atom. The zero-order chi connectivity index (χ0) is 56.5. The van der Waals surface area contributed by atoms with Gasteiger partial charge in [0.1, 0.15) is 24.1 Å². The number of benzene rings is 1. The first-order chi connectivity index (χ1) is 37.3. The molecule has 0 aliphatic carbocycles. The molecule has 0 spiro atoms. The van der Waals surface area contributed by atoms with Gasteiger partial charge in [0.05, 0.1) is 136 Å². The van der Waals surface area contributed by atoms with Crippen LogP contribution in [0.4, 0.5) is 4.39 Å². The minimum Gasteiger partial charge on any atom is -0.481 e. The third kappa shape index (κ3) is 21.0. The number of halogens is 1. The van der Waals surface area contributed by atoms with Crippen LogP contribution in [0.5, 0.6) is 0 Å². The van der Waals surface area contributed by atoms with Crippen LogP contribution < -0.4 is 16.4 Å². The van der Waals surface area contributed by atoms with Crippen molar-refractivity contribution in [3.63, 3.8) is 0 Å². The number of aliphatic carboxylic acids is 1. The number of hydrogen-bond donors (Lipinski definition) is 4. The van der Waals surface area contributed by atoms with Crippen LogP contribution in [0.2, 0.25) is 0 Å². The summed E-state index contributed by atoms with van der Waals surface area (Å²) < 4.78 is 60.2. The fraction of sp³-hybridized carbons (Fsp3) is 0.608. The number of fused-ring (bicyclic) bond motifs is 1. The summed E-state index contributed by atoms with van der Waals surface area (Å²) in [5.41, 5.74) is 7.02. The van der Waals surface area contributed by atoms with Crippen LogP contribution in [0.3, 0.4) is 0 Å². The highest BCUT2D eigenvalue weighted by atomic mass is 19.1. The Morgan fingerprint density at radius 3 is 1.78 bits per heavy atom. The Labute approximate surface area is 451 Å². The normalized spacial score (nSPS) is 13.9. The molecule has 1 saturated heterocycles. The zero-order valence-corrected chi connectivity index (χ0v) is 45.1. The minimum absolute atomic E-state index is 0.0605. The van der Waals surface area contributed by atoms with E-state index in [4.69, 9.17) is 58.8 Å². The number of hydrogen-bond acceptors (Lipinski definition) is 18. The molecule has 0 unspecified atom stereocenters. The number of carboxylic acid groups (broad SMARTS) is 1. The topological polar surface area (TPSA) is 314 Å². The molecular weight excluding hydrogens is 1030 g/mol. The van der Waals surface area contributed by atoms with Crippen molar-refractivity contribution in [3.8, 4) is 11.3 Å². The quantitative estimate of drug-likeness (QED) is 0.0460. The molecule has 1 fully saturated rings. The number of rotatable bonds is 36. The lowest BCUT2D eigenvalue weighted by Gasteiger charge is -2.46. The predicted molar refractivity (Wildman–Crippen MR) is 276 cm³/mol. The molecule has 0 radical (unpaired) electrons. The van der Waals surface area contributed by atoms with Gasteiger partial charge in [-0.05, 0) is 49.6 Å². The first-order valence-electron chi connectivity index (χ1n) is 25.7. The Bertz CT molecular complexity index is 2560. The molecule has 5 amide bonds. The SMILES string of the molecule is CC(C)(C)c1cc(-c2ccc(F)cc2)nn2cc(C(=O)N3CCN(C(=O)c4cn(CC(=O)NCCOCCOCCOCCOCCOCCOCCOCCOCCC(=O)N[C@@H](CC(=O)O)C(N)=O)nn4)CC3(C)C)nc12. The van der Waals surface area contributed by atoms with Crippen LogP contribution in [0.1, 0.15) is 74.0 Å². The van der Waals surface area contributed by atoms with Gasteiger partial charge in [-0.15, -0.1) is 5.10 Å². The zero-order valence-electron chi connectivity index (χ0n) is 45.1. The summed E-state index contributed by atoms with van der Waals surface area (Å²) in [5.74, 6) is -4.08. The maximum Gasteiger partial charge on any atom is 0.305 e. The second-order valence-corrected chi connectivity index (χ2v) is 19.5. The van der Waals surface area contributed by atoms with Crippen LogP contribution >= 0.6 is 0 Å². The van der Waals surface area contributed by atoms with Crippen molar-refractivity contribution >= 4 is 41.2 Å². The maximum atomic E-state index is 14.1. The van der Waals surface area contributed by atoms with Gasteiger partial charge in [0, 0.05) is 43.7 Å². The van der Waals surface area contributed by atoms with Crippen molar-refractivity contribution in [1.82, 2.24) is 50.0 Å². The highest BCUT2D eigenvalue weighted by Crippen LogP contribution is 2.31. The molecule has 1 aliphatic heterocycles. The number of aromatic nitrogens is 6. The summed E-state index contributed by atoms with van der Waals surface area (Å²) in [5, 5.41) is 26.5. The van der Waals surface area contributed by atoms with E-state index >= 15 is 0 Å². The monoisotopic (exact) mass is 1100 g/mol. The van der Waals surface area contributed by atoms with Crippen molar-refractivity contribution < 1.29 is 76.2 Å². The standard InChI is InChI=1S/C51H74FN11O15/c1-50(2,3)38-30-39(36-6-8-37(52)9-7-36)58-63-33-41(56-47(38)63)49(70)62-13-12-60(35-51(62,4)5)48(69)42-32-61(59-57-42)34-44(65)54-11-15-72-17-19-74-21-23-76-25-27-78-29-28-77-26-24-75-22-20-73-18-16-71-14-10-43(64)55-40(46(53)68)31-45(66)67/h6-9,30,32-33,40H,10-29,31,34-35H2,1-5H3,(H2,53,68)(H,54,65)(H,55,64)(H,66,67)/t40-/m0/s1. The fourth-order valence-electron chi connectivity index (χ4n) is 7.81. The molecule has 78 heavy (non-hydrogen) atoms. The fourth-order valence-corrected chi connectivity index (χ4v) is 7.81. The number of primary amides is 1. The molecule has 26 nitrogen and oxygen atoms in total. The van der Waals surface area contributed by atoms with Gasteiger partial charge in [-0.1, -0.05) is 26.0 Å². The van der Waals surface area contributed by atoms with Crippen molar-refractivity contribution in [2.75, 3.05) is 132 Å². The lowest BCUT2D eigenvalue weighted by molar-refractivity contribution is -0.140. The van der Waals surface area contributed by atoms with Crippen LogP contribution in [0.25, 0.3) is 16.9 Å². The van der Waals surface area contributed by atoms with Gasteiger partial charge >= 0.3 is 5.97 Å². The Hall–Kier alpha value is -6.59. The van der Waals surface area contributed by atoms with Crippen LogP contribution in [0, 0.1) is 5.82 Å². The first kappa shape index (κ1) is 62.3. The number of carboxylic acids is 1. The molecule has 4 heterocycles. The average Bonchev–Trinajstić information content (AvgIpc) is 4.11. The third-order valence-corrected chi connectivity index (χ3v) is 11.8. The van der Waals surface area contributed by atoms with Crippen LogP contribution in [-0.2, 0) is 69.0 Å². The van der Waals surface area contributed by atoms with E-state index in [2.05, 4.69) is 20.9 Å². The summed E-state index contributed by atoms with van der Waals surface area (Å²) in [6.07, 6.45) is 2.38. The summed E-state index contributed by atoms with van der Waals surface area (Å²) in [6.45, 7) is 16.1. The molecule has 1 aromatic carbocycles. The summed E-state index contributed by atoms with van der Waals surface area (Å²) >= 11 is 0. The number of imidazole rings is 1. The van der Waals surface area contributed by atoms with E-state index in [0.717, 1.165) is 11.1 Å². The molecule has 27 heteroatoms. The molecule has 430 valence electrons. The Kier molecular flexibility index (Phi) is 25.3. The lowest BCUT2D eigenvalue weighted by Crippen LogP contribution is -2.62. The molecule has 5 N–H and O–H groups in total. The number of carbonyl (C=O) groups excluding carboxylic acids is 5. The number of piperazine rings is 1. The van der Waals surface area contributed by atoms with E-state index < -0.39 is 35.8 Å². The van der Waals surface area contributed by atoms with E-state index in [0.29, 0.717) is 90.6 Å². The summed E-state index contributed by atoms with van der Waals surface area (Å²) in [7, 11) is 0. The molecular formula is C51H74FN11O15. The average molecular weight is 1100 g/mol. The summed E-state index contributed by atoms with van der Waals surface area (Å²) in [4.78, 5) is 82.1. The van der Waals surface area contributed by atoms with Gasteiger partial charge in [-0.2, -0.15) is 5.10 Å². The maximum absolute atomic E-state index is 14.1. The number of nitrogens with one attached hydrogen (secondary N) is 2. The van der Waals surface area contributed by atoms with Crippen molar-refractivity contribution in [3.05, 3.63) is 65.5 Å². The molecule has 5 rings (SSSR count). The third-order valence-electron chi connectivity index (χ3n) is 11.8. The molecule has 1 aliphatic rings. The highest BCUT2D eigenvalue weighted by Gasteiger charge is 2.40. The Morgan fingerprint density at radius 1 is 0.731 bits per heavy atom.